The zero-order valence-electron chi connectivity index (χ0n) is 31.3. The molecule has 2 amide bonds. The van der Waals surface area contributed by atoms with Crippen LogP contribution in [0.3, 0.4) is 0 Å². The van der Waals surface area contributed by atoms with Crippen LogP contribution in [-0.2, 0) is 24.3 Å². The quantitative estimate of drug-likeness (QED) is 0.155. The summed E-state index contributed by atoms with van der Waals surface area (Å²) in [6.45, 7) is 8.90. The summed E-state index contributed by atoms with van der Waals surface area (Å²) < 4.78 is 23.5. The average Bonchev–Trinajstić information content (AvgIpc) is 3.72. The van der Waals surface area contributed by atoms with Crippen LogP contribution >= 0.6 is 0 Å². The largest absolute Gasteiger partial charge is 0.493 e. The average molecular weight is 731 g/mol. The molecule has 1 aliphatic carbocycles. The number of ether oxygens (including phenoxy) is 1. The Bertz CT molecular complexity index is 2220. The molecule has 12 heteroatoms. The number of hydrogen-bond donors (Lipinski definition) is 0. The van der Waals surface area contributed by atoms with Gasteiger partial charge in [0.1, 0.15) is 5.82 Å². The monoisotopic (exact) mass is 730 g/mol. The molecule has 6 heterocycles. The maximum atomic E-state index is 14.4. The van der Waals surface area contributed by atoms with Gasteiger partial charge in [0.15, 0.2) is 11.6 Å². The Morgan fingerprint density at radius 1 is 1.00 bits per heavy atom. The van der Waals surface area contributed by atoms with Crippen LogP contribution in [0.25, 0.3) is 27.6 Å². The first-order valence-corrected chi connectivity index (χ1v) is 19.1. The number of amides is 2. The standard InChI is InChI=1S/C42H47FN8O3/c1-4-36-34(11-8-28(2)46-36)35-22-32(42(53)48-19-17-47(18-20-48)41-38(54-3)24-33(43)25-44-41)21-31-23-37(51(40(31)35)26-29-9-10-29)30-7-5-14-49(27-30)39(52)12-16-50-15-6-13-45-50/h6-8,11,13,15,21-25,29H,4-5,9-10,12,14,16-20,26-27H2,1-3H3. The Kier molecular flexibility index (Phi) is 9.91. The molecule has 1 saturated carbocycles. The van der Waals surface area contributed by atoms with Crippen molar-refractivity contribution in [3.05, 3.63) is 95.6 Å². The Morgan fingerprint density at radius 3 is 2.57 bits per heavy atom. The third-order valence-electron chi connectivity index (χ3n) is 10.9. The van der Waals surface area contributed by atoms with Gasteiger partial charge in [0.2, 0.25) is 5.91 Å². The number of anilines is 1. The first-order valence-electron chi connectivity index (χ1n) is 19.1. The number of fused-ring (bicyclic) bond motifs is 1. The predicted molar refractivity (Wildman–Crippen MR) is 207 cm³/mol. The summed E-state index contributed by atoms with van der Waals surface area (Å²) in [7, 11) is 1.51. The number of rotatable bonds is 11. The lowest BCUT2D eigenvalue weighted by Crippen LogP contribution is -2.49. The second-order valence-corrected chi connectivity index (χ2v) is 14.7. The van der Waals surface area contributed by atoms with Gasteiger partial charge < -0.3 is 24.0 Å². The van der Waals surface area contributed by atoms with Gasteiger partial charge in [0, 0.05) is 116 Å². The molecule has 0 spiro atoms. The molecule has 2 aliphatic heterocycles. The summed E-state index contributed by atoms with van der Waals surface area (Å²) in [4.78, 5) is 43.0. The number of hydrogen-bond acceptors (Lipinski definition) is 7. The van der Waals surface area contributed by atoms with Crippen LogP contribution in [0.4, 0.5) is 10.2 Å². The molecular formula is C42H47FN8O3. The summed E-state index contributed by atoms with van der Waals surface area (Å²) in [5.41, 5.74) is 8.00. The fraction of sp³-hybridized carbons (Fsp3) is 0.405. The van der Waals surface area contributed by atoms with Crippen LogP contribution in [0.5, 0.6) is 5.75 Å². The summed E-state index contributed by atoms with van der Waals surface area (Å²) >= 11 is 0. The number of nitrogens with zero attached hydrogens (tertiary/aromatic N) is 8. The van der Waals surface area contributed by atoms with Crippen molar-refractivity contribution in [2.45, 2.75) is 59.0 Å². The maximum Gasteiger partial charge on any atom is 0.254 e. The smallest absolute Gasteiger partial charge is 0.254 e. The summed E-state index contributed by atoms with van der Waals surface area (Å²) in [5.74, 6) is 1.19. The van der Waals surface area contributed by atoms with E-state index in [1.807, 2.05) is 33.9 Å². The maximum absolute atomic E-state index is 14.4. The van der Waals surface area contributed by atoms with E-state index < -0.39 is 5.82 Å². The van der Waals surface area contributed by atoms with Crippen molar-refractivity contribution in [2.75, 3.05) is 51.3 Å². The number of methoxy groups -OCH3 is 1. The number of pyridine rings is 2. The van der Waals surface area contributed by atoms with Crippen molar-refractivity contribution in [2.24, 2.45) is 5.92 Å². The fourth-order valence-corrected chi connectivity index (χ4v) is 7.93. The van der Waals surface area contributed by atoms with Gasteiger partial charge in [-0.05, 0) is 74.4 Å². The molecule has 0 unspecified atom stereocenters. The van der Waals surface area contributed by atoms with Gasteiger partial charge in [-0.2, -0.15) is 5.10 Å². The highest BCUT2D eigenvalue weighted by Crippen LogP contribution is 2.40. The van der Waals surface area contributed by atoms with E-state index in [0.29, 0.717) is 75.3 Å². The zero-order chi connectivity index (χ0) is 37.3. The molecule has 0 atom stereocenters. The van der Waals surface area contributed by atoms with E-state index in [-0.39, 0.29) is 11.8 Å². The third-order valence-corrected chi connectivity index (χ3v) is 10.9. The van der Waals surface area contributed by atoms with E-state index in [9.17, 15) is 14.0 Å². The lowest BCUT2D eigenvalue weighted by molar-refractivity contribution is -0.131. The number of halogens is 1. The molecule has 0 radical (unpaired) electrons. The van der Waals surface area contributed by atoms with E-state index in [0.717, 1.165) is 64.1 Å². The SMILES string of the molecule is CCc1nc(C)ccc1-c1cc(C(=O)N2CCN(c3ncc(F)cc3OC)CC2)cc2cc(C3=CCCN(C(=O)CCn4cccn4)C3)n(CC3CC3)c12. The third kappa shape index (κ3) is 7.21. The van der Waals surface area contributed by atoms with Gasteiger partial charge in [-0.1, -0.05) is 19.1 Å². The Hall–Kier alpha value is -5.52. The minimum absolute atomic E-state index is 0.0303. The van der Waals surface area contributed by atoms with E-state index in [1.54, 1.807) is 10.9 Å². The molecule has 280 valence electrons. The Balaban J connectivity index is 1.15. The molecule has 3 aliphatic rings. The molecule has 8 rings (SSSR count). The second-order valence-electron chi connectivity index (χ2n) is 14.7. The molecule has 5 aromatic rings. The normalized spacial score (nSPS) is 16.2. The number of piperazine rings is 1. The van der Waals surface area contributed by atoms with Gasteiger partial charge in [-0.15, -0.1) is 0 Å². The van der Waals surface area contributed by atoms with Crippen LogP contribution < -0.4 is 9.64 Å². The summed E-state index contributed by atoms with van der Waals surface area (Å²) in [5, 5.41) is 5.28. The Labute approximate surface area is 315 Å². The van der Waals surface area contributed by atoms with Gasteiger partial charge in [0.05, 0.1) is 18.8 Å². The first kappa shape index (κ1) is 35.5. The molecule has 2 fully saturated rings. The molecule has 11 nitrogen and oxygen atoms in total. The summed E-state index contributed by atoms with van der Waals surface area (Å²) in [6.07, 6.45) is 11.4. The van der Waals surface area contributed by atoms with Crippen LogP contribution in [0.2, 0.25) is 0 Å². The lowest BCUT2D eigenvalue weighted by atomic mass is 9.96. The first-order chi connectivity index (χ1) is 26.3. The van der Waals surface area contributed by atoms with Crippen molar-refractivity contribution in [3.8, 4) is 16.9 Å². The van der Waals surface area contributed by atoms with Crippen LogP contribution in [0.15, 0.2) is 67.1 Å². The molecule has 1 saturated heterocycles. The van der Waals surface area contributed by atoms with Crippen molar-refractivity contribution < 1.29 is 18.7 Å². The van der Waals surface area contributed by atoms with Crippen LogP contribution in [0, 0.1) is 18.7 Å². The number of carbonyl (C=O) groups excluding carboxylic acids is 2. The molecule has 54 heavy (non-hydrogen) atoms. The van der Waals surface area contributed by atoms with Crippen molar-refractivity contribution in [1.29, 1.82) is 0 Å². The number of aryl methyl sites for hydroxylation is 3. The minimum Gasteiger partial charge on any atom is -0.493 e. The van der Waals surface area contributed by atoms with Gasteiger partial charge in [-0.3, -0.25) is 19.3 Å². The predicted octanol–water partition coefficient (Wildman–Crippen LogP) is 6.39. The molecule has 0 N–H and O–H groups in total. The lowest BCUT2D eigenvalue weighted by Gasteiger charge is -2.36. The van der Waals surface area contributed by atoms with E-state index in [2.05, 4.69) is 58.0 Å². The minimum atomic E-state index is -0.452. The van der Waals surface area contributed by atoms with Gasteiger partial charge in [0.25, 0.3) is 5.91 Å². The molecule has 0 bridgehead atoms. The van der Waals surface area contributed by atoms with Crippen molar-refractivity contribution in [1.82, 2.24) is 34.1 Å². The highest BCUT2D eigenvalue weighted by Gasteiger charge is 2.30. The topological polar surface area (TPSA) is 102 Å². The Morgan fingerprint density at radius 2 is 1.83 bits per heavy atom. The van der Waals surface area contributed by atoms with Crippen LogP contribution in [0.1, 0.15) is 60.0 Å². The summed E-state index contributed by atoms with van der Waals surface area (Å²) in [6, 6.07) is 13.8. The highest BCUT2D eigenvalue weighted by molar-refractivity contribution is 6.05. The fourth-order valence-electron chi connectivity index (χ4n) is 7.93. The molecular weight excluding hydrogens is 684 g/mol. The second kappa shape index (κ2) is 15.1. The highest BCUT2D eigenvalue weighted by atomic mass is 19.1. The number of benzene rings is 1. The van der Waals surface area contributed by atoms with Gasteiger partial charge >= 0.3 is 0 Å². The van der Waals surface area contributed by atoms with E-state index in [1.165, 1.54) is 32.2 Å². The molecule has 1 aromatic carbocycles. The van der Waals surface area contributed by atoms with Crippen molar-refractivity contribution >= 4 is 34.1 Å². The number of aromatic nitrogens is 5. The van der Waals surface area contributed by atoms with Crippen molar-refractivity contribution in [3.63, 3.8) is 0 Å². The van der Waals surface area contributed by atoms with Gasteiger partial charge in [-0.25, -0.2) is 9.37 Å². The van der Waals surface area contributed by atoms with Crippen LogP contribution in [-0.4, -0.2) is 92.3 Å². The number of carbonyl (C=O) groups is 2. The van der Waals surface area contributed by atoms with E-state index >= 15 is 0 Å². The molecule has 4 aromatic heterocycles. The van der Waals surface area contributed by atoms with E-state index in [4.69, 9.17) is 9.72 Å². The zero-order valence-corrected chi connectivity index (χ0v) is 31.3.